The van der Waals surface area contributed by atoms with Gasteiger partial charge in [-0.3, -0.25) is 10.1 Å². The highest BCUT2D eigenvalue weighted by Gasteiger charge is 2.28. The van der Waals surface area contributed by atoms with Crippen LogP contribution in [0.3, 0.4) is 0 Å². The normalized spacial score (nSPS) is 14.3. The molecule has 0 fully saturated rings. The Morgan fingerprint density at radius 1 is 1.35 bits per heavy atom. The molecular weight excluding hydrogens is 354 g/mol. The largest absolute Gasteiger partial charge is 0.481 e. The van der Waals surface area contributed by atoms with E-state index in [1.165, 1.54) is 11.3 Å². The number of carbonyl (C=O) groups excluding carboxylic acids is 2. The van der Waals surface area contributed by atoms with Gasteiger partial charge in [0.25, 0.3) is 5.91 Å². The standard InChI is InChI=1S/C18H21N3O4S/c1-3-24-18(23)20-17-19-14-9-10-21(11-15(14)26-17)16(22)12(2)25-13-7-5-4-6-8-13/h4-8,12H,3,9-11H2,1-2H3,(H,19,20,23). The van der Waals surface area contributed by atoms with Crippen LogP contribution in [0.2, 0.25) is 0 Å². The minimum atomic E-state index is -0.566. The van der Waals surface area contributed by atoms with Gasteiger partial charge in [-0.2, -0.15) is 0 Å². The molecule has 1 aliphatic rings. The van der Waals surface area contributed by atoms with Gasteiger partial charge in [0.15, 0.2) is 11.2 Å². The molecular formula is C18H21N3O4S. The van der Waals surface area contributed by atoms with Crippen LogP contribution in [0.1, 0.15) is 24.4 Å². The number of nitrogens with zero attached hydrogens (tertiary/aromatic N) is 2. The van der Waals surface area contributed by atoms with Crippen molar-refractivity contribution in [1.29, 1.82) is 0 Å². The molecule has 2 aromatic rings. The van der Waals surface area contributed by atoms with E-state index < -0.39 is 12.2 Å². The summed E-state index contributed by atoms with van der Waals surface area (Å²) in [6, 6.07) is 9.30. The summed E-state index contributed by atoms with van der Waals surface area (Å²) in [4.78, 5) is 31.3. The van der Waals surface area contributed by atoms with Crippen molar-refractivity contribution in [3.63, 3.8) is 0 Å². The van der Waals surface area contributed by atoms with Gasteiger partial charge in [0.1, 0.15) is 5.75 Å². The lowest BCUT2D eigenvalue weighted by molar-refractivity contribution is -0.138. The van der Waals surface area contributed by atoms with Crippen LogP contribution in [0.25, 0.3) is 0 Å². The Balaban J connectivity index is 1.61. The molecule has 2 heterocycles. The second-order valence-corrected chi connectivity index (χ2v) is 6.90. The average molecular weight is 375 g/mol. The number of fused-ring (bicyclic) bond motifs is 1. The fourth-order valence-electron chi connectivity index (χ4n) is 2.70. The van der Waals surface area contributed by atoms with Gasteiger partial charge in [0, 0.05) is 17.8 Å². The average Bonchev–Trinajstić information content (AvgIpc) is 3.03. The number of nitrogens with one attached hydrogen (secondary N) is 1. The zero-order chi connectivity index (χ0) is 18.5. The number of thiazole rings is 1. The lowest BCUT2D eigenvalue weighted by atomic mass is 10.1. The molecule has 1 unspecified atom stereocenters. The molecule has 2 amide bonds. The predicted octanol–water partition coefficient (Wildman–Crippen LogP) is 3.06. The molecule has 0 saturated carbocycles. The molecule has 1 N–H and O–H groups in total. The van der Waals surface area contributed by atoms with Gasteiger partial charge in [0.2, 0.25) is 0 Å². The van der Waals surface area contributed by atoms with Crippen molar-refractivity contribution in [3.8, 4) is 5.75 Å². The maximum atomic E-state index is 12.7. The highest BCUT2D eigenvalue weighted by molar-refractivity contribution is 7.15. The Morgan fingerprint density at radius 2 is 2.12 bits per heavy atom. The molecule has 138 valence electrons. The number of amides is 2. The van der Waals surface area contributed by atoms with Gasteiger partial charge in [-0.25, -0.2) is 9.78 Å². The van der Waals surface area contributed by atoms with Crippen molar-refractivity contribution in [1.82, 2.24) is 9.88 Å². The second kappa shape index (κ2) is 8.18. The fourth-order valence-corrected chi connectivity index (χ4v) is 3.71. The molecule has 0 spiro atoms. The first kappa shape index (κ1) is 18.2. The minimum absolute atomic E-state index is 0.0622. The molecule has 0 bridgehead atoms. The first-order valence-corrected chi connectivity index (χ1v) is 9.31. The molecule has 1 atom stereocenters. The van der Waals surface area contributed by atoms with Crippen LogP contribution in [-0.4, -0.2) is 41.1 Å². The summed E-state index contributed by atoms with van der Waals surface area (Å²) in [6.07, 6.45) is -0.430. The Morgan fingerprint density at radius 3 is 2.85 bits per heavy atom. The van der Waals surface area contributed by atoms with E-state index in [1.807, 2.05) is 30.3 Å². The molecule has 0 radical (unpaired) electrons. The van der Waals surface area contributed by atoms with E-state index >= 15 is 0 Å². The van der Waals surface area contributed by atoms with E-state index in [-0.39, 0.29) is 5.91 Å². The maximum absolute atomic E-state index is 12.7. The molecule has 0 aliphatic carbocycles. The monoisotopic (exact) mass is 375 g/mol. The summed E-state index contributed by atoms with van der Waals surface area (Å²) in [5, 5.41) is 3.11. The first-order valence-electron chi connectivity index (χ1n) is 8.49. The second-order valence-electron chi connectivity index (χ2n) is 5.82. The van der Waals surface area contributed by atoms with E-state index in [9.17, 15) is 9.59 Å². The summed E-state index contributed by atoms with van der Waals surface area (Å²) < 4.78 is 10.6. The third kappa shape index (κ3) is 4.32. The minimum Gasteiger partial charge on any atom is -0.481 e. The lowest BCUT2D eigenvalue weighted by Gasteiger charge is -2.28. The van der Waals surface area contributed by atoms with Crippen molar-refractivity contribution in [2.75, 3.05) is 18.5 Å². The fraction of sp³-hybridized carbons (Fsp3) is 0.389. The van der Waals surface area contributed by atoms with E-state index in [0.717, 1.165) is 10.6 Å². The number of carbonyl (C=O) groups is 2. The quantitative estimate of drug-likeness (QED) is 0.869. The van der Waals surface area contributed by atoms with Crippen molar-refractivity contribution in [3.05, 3.63) is 40.9 Å². The first-order chi connectivity index (χ1) is 12.6. The number of anilines is 1. The number of hydrogen-bond acceptors (Lipinski definition) is 6. The Kier molecular flexibility index (Phi) is 5.72. The number of rotatable bonds is 5. The van der Waals surface area contributed by atoms with E-state index in [2.05, 4.69) is 10.3 Å². The van der Waals surface area contributed by atoms with Crippen LogP contribution in [-0.2, 0) is 22.5 Å². The number of benzene rings is 1. The highest BCUT2D eigenvalue weighted by atomic mass is 32.1. The lowest BCUT2D eigenvalue weighted by Crippen LogP contribution is -2.42. The third-order valence-corrected chi connectivity index (χ3v) is 4.93. The van der Waals surface area contributed by atoms with Crippen molar-refractivity contribution in [2.24, 2.45) is 0 Å². The van der Waals surface area contributed by atoms with E-state index in [1.54, 1.807) is 18.7 Å². The smallest absolute Gasteiger partial charge is 0.413 e. The molecule has 0 saturated heterocycles. The zero-order valence-electron chi connectivity index (χ0n) is 14.7. The van der Waals surface area contributed by atoms with Crippen LogP contribution >= 0.6 is 11.3 Å². The SMILES string of the molecule is CCOC(=O)Nc1nc2c(s1)CN(C(=O)C(C)Oc1ccccc1)CC2. The van der Waals surface area contributed by atoms with Crippen LogP contribution in [0.4, 0.5) is 9.93 Å². The van der Waals surface area contributed by atoms with Gasteiger partial charge < -0.3 is 14.4 Å². The summed E-state index contributed by atoms with van der Waals surface area (Å²) in [7, 11) is 0. The topological polar surface area (TPSA) is 80.8 Å². The van der Waals surface area contributed by atoms with Crippen LogP contribution in [0, 0.1) is 0 Å². The van der Waals surface area contributed by atoms with Gasteiger partial charge >= 0.3 is 6.09 Å². The van der Waals surface area contributed by atoms with E-state index in [4.69, 9.17) is 9.47 Å². The maximum Gasteiger partial charge on any atom is 0.413 e. The van der Waals surface area contributed by atoms with Gasteiger partial charge in [-0.15, -0.1) is 0 Å². The predicted molar refractivity (Wildman–Crippen MR) is 98.4 cm³/mol. The molecule has 7 nitrogen and oxygen atoms in total. The van der Waals surface area contributed by atoms with Gasteiger partial charge in [-0.05, 0) is 26.0 Å². The summed E-state index contributed by atoms with van der Waals surface area (Å²) in [6.45, 7) is 4.86. The van der Waals surface area contributed by atoms with Gasteiger partial charge in [0.05, 0.1) is 18.8 Å². The number of para-hydroxylation sites is 1. The third-order valence-electron chi connectivity index (χ3n) is 3.93. The molecule has 1 aliphatic heterocycles. The number of hydrogen-bond donors (Lipinski definition) is 1. The van der Waals surface area contributed by atoms with Crippen LogP contribution in [0.15, 0.2) is 30.3 Å². The molecule has 1 aromatic carbocycles. The summed E-state index contributed by atoms with van der Waals surface area (Å²) in [5.41, 5.74) is 0.919. The molecule has 26 heavy (non-hydrogen) atoms. The van der Waals surface area contributed by atoms with E-state index in [0.29, 0.717) is 37.0 Å². The van der Waals surface area contributed by atoms with Crippen molar-refractivity contribution >= 4 is 28.5 Å². The number of aromatic nitrogens is 1. The van der Waals surface area contributed by atoms with Gasteiger partial charge in [-0.1, -0.05) is 29.5 Å². The summed E-state index contributed by atoms with van der Waals surface area (Å²) >= 11 is 1.37. The van der Waals surface area contributed by atoms with Crippen LogP contribution in [0.5, 0.6) is 5.75 Å². The summed E-state index contributed by atoms with van der Waals surface area (Å²) in [5.74, 6) is 0.609. The Labute approximate surface area is 155 Å². The zero-order valence-corrected chi connectivity index (χ0v) is 15.5. The van der Waals surface area contributed by atoms with Crippen molar-refractivity contribution < 1.29 is 19.1 Å². The van der Waals surface area contributed by atoms with Crippen molar-refractivity contribution in [2.45, 2.75) is 32.9 Å². The molecule has 3 rings (SSSR count). The number of ether oxygens (including phenoxy) is 2. The highest BCUT2D eigenvalue weighted by Crippen LogP contribution is 2.29. The Bertz CT molecular complexity index is 778. The molecule has 1 aromatic heterocycles. The Hall–Kier alpha value is -2.61. The van der Waals surface area contributed by atoms with Crippen LogP contribution < -0.4 is 10.1 Å². The molecule has 8 heteroatoms.